The average Bonchev–Trinajstić information content (AvgIpc) is 2.79. The Hall–Kier alpha value is -2.94. The molecular weight excluding hydrogens is 374 g/mol. The molecule has 0 amide bonds. The highest BCUT2D eigenvalue weighted by Gasteiger charge is 2.15. The van der Waals surface area contributed by atoms with Gasteiger partial charge in [-0.2, -0.15) is 5.26 Å². The van der Waals surface area contributed by atoms with Crippen molar-refractivity contribution >= 4 is 12.0 Å². The number of rotatable bonds is 8. The Bertz CT molecular complexity index is 874. The summed E-state index contributed by atoms with van der Waals surface area (Å²) in [7, 11) is 0. The van der Waals surface area contributed by atoms with Gasteiger partial charge in [0.15, 0.2) is 0 Å². The monoisotopic (exact) mass is 403 g/mol. The first-order valence-electron chi connectivity index (χ1n) is 10.6. The second kappa shape index (κ2) is 11.3. The summed E-state index contributed by atoms with van der Waals surface area (Å²) in [5, 5.41) is 8.85. The van der Waals surface area contributed by atoms with Crippen molar-refractivity contribution < 1.29 is 9.53 Å². The number of esters is 1. The molecule has 5 heteroatoms. The van der Waals surface area contributed by atoms with Gasteiger partial charge in [-0.3, -0.25) is 4.90 Å². The summed E-state index contributed by atoms with van der Waals surface area (Å²) in [5.41, 5.74) is 3.68. The molecule has 1 fully saturated rings. The SMILES string of the molecule is CCOC(=O)c1ccc(CCN2CCN(C/C=C/c3ccc(C#N)cc3)CC2)cc1. The van der Waals surface area contributed by atoms with Gasteiger partial charge in [-0.15, -0.1) is 0 Å². The first kappa shape index (κ1) is 21.8. The number of carbonyl (C=O) groups excluding carboxylic acids is 1. The highest BCUT2D eigenvalue weighted by atomic mass is 16.5. The molecule has 1 aliphatic rings. The zero-order chi connectivity index (χ0) is 21.2. The maximum atomic E-state index is 11.7. The third kappa shape index (κ3) is 6.55. The largest absolute Gasteiger partial charge is 0.462 e. The molecule has 1 saturated heterocycles. The van der Waals surface area contributed by atoms with E-state index in [1.165, 1.54) is 5.56 Å². The summed E-state index contributed by atoms with van der Waals surface area (Å²) in [6.45, 7) is 8.49. The van der Waals surface area contributed by atoms with E-state index in [1.807, 2.05) is 55.5 Å². The van der Waals surface area contributed by atoms with Gasteiger partial charge in [0.2, 0.25) is 0 Å². The molecule has 156 valence electrons. The number of carbonyl (C=O) groups is 1. The molecule has 0 spiro atoms. The Morgan fingerprint density at radius 1 is 1.03 bits per heavy atom. The van der Waals surface area contributed by atoms with Crippen LogP contribution < -0.4 is 0 Å². The van der Waals surface area contributed by atoms with Crippen LogP contribution in [0.2, 0.25) is 0 Å². The lowest BCUT2D eigenvalue weighted by Crippen LogP contribution is -2.46. The van der Waals surface area contributed by atoms with Crippen LogP contribution in [0.3, 0.4) is 0 Å². The molecule has 0 radical (unpaired) electrons. The van der Waals surface area contributed by atoms with E-state index in [4.69, 9.17) is 10.00 Å². The predicted octanol–water partition coefficient (Wildman–Crippen LogP) is 3.61. The van der Waals surface area contributed by atoms with Crippen molar-refractivity contribution in [3.63, 3.8) is 0 Å². The molecule has 0 atom stereocenters. The van der Waals surface area contributed by atoms with E-state index >= 15 is 0 Å². The lowest BCUT2D eigenvalue weighted by Gasteiger charge is -2.34. The van der Waals surface area contributed by atoms with Crippen LogP contribution in [0.1, 0.15) is 34.0 Å². The molecule has 1 aliphatic heterocycles. The van der Waals surface area contributed by atoms with Gasteiger partial charge in [-0.1, -0.05) is 36.4 Å². The second-order valence-corrected chi connectivity index (χ2v) is 7.45. The molecule has 2 aromatic carbocycles. The quantitative estimate of drug-likeness (QED) is 0.630. The normalized spacial score (nSPS) is 15.2. The van der Waals surface area contributed by atoms with Crippen LogP contribution in [0.25, 0.3) is 6.08 Å². The number of ether oxygens (including phenoxy) is 1. The smallest absolute Gasteiger partial charge is 0.338 e. The first-order chi connectivity index (χ1) is 14.7. The molecule has 0 unspecified atom stereocenters. The predicted molar refractivity (Wildman–Crippen MR) is 119 cm³/mol. The zero-order valence-corrected chi connectivity index (χ0v) is 17.6. The molecular formula is C25H29N3O2. The van der Waals surface area contributed by atoms with Crippen LogP contribution in [0.15, 0.2) is 54.6 Å². The number of piperazine rings is 1. The summed E-state index contributed by atoms with van der Waals surface area (Å²) in [6, 6.07) is 17.6. The van der Waals surface area contributed by atoms with Crippen LogP contribution in [-0.2, 0) is 11.2 Å². The Labute approximate surface area is 179 Å². The number of hydrogen-bond donors (Lipinski definition) is 0. The second-order valence-electron chi connectivity index (χ2n) is 7.45. The topological polar surface area (TPSA) is 56.6 Å². The minimum atomic E-state index is -0.256. The first-order valence-corrected chi connectivity index (χ1v) is 10.6. The van der Waals surface area contributed by atoms with Gasteiger partial charge in [0.1, 0.15) is 0 Å². The molecule has 30 heavy (non-hydrogen) atoms. The number of benzene rings is 2. The van der Waals surface area contributed by atoms with E-state index in [9.17, 15) is 4.79 Å². The lowest BCUT2D eigenvalue weighted by molar-refractivity contribution is 0.0526. The number of hydrogen-bond acceptors (Lipinski definition) is 5. The van der Waals surface area contributed by atoms with Gasteiger partial charge in [-0.05, 0) is 48.7 Å². The number of nitriles is 1. The Morgan fingerprint density at radius 3 is 2.33 bits per heavy atom. The van der Waals surface area contributed by atoms with Crippen LogP contribution in [0.4, 0.5) is 0 Å². The van der Waals surface area contributed by atoms with Gasteiger partial charge in [0, 0.05) is 39.3 Å². The van der Waals surface area contributed by atoms with Crippen LogP contribution in [0.5, 0.6) is 0 Å². The molecule has 0 aromatic heterocycles. The van der Waals surface area contributed by atoms with Gasteiger partial charge in [0.25, 0.3) is 0 Å². The average molecular weight is 404 g/mol. The van der Waals surface area contributed by atoms with Crippen molar-refractivity contribution in [3.8, 4) is 6.07 Å². The summed E-state index contributed by atoms with van der Waals surface area (Å²) < 4.78 is 5.03. The van der Waals surface area contributed by atoms with E-state index in [0.29, 0.717) is 17.7 Å². The summed E-state index contributed by atoms with van der Waals surface area (Å²) in [4.78, 5) is 16.7. The lowest BCUT2D eigenvalue weighted by atomic mass is 10.1. The third-order valence-electron chi connectivity index (χ3n) is 5.36. The van der Waals surface area contributed by atoms with E-state index in [-0.39, 0.29) is 5.97 Å². The third-order valence-corrected chi connectivity index (χ3v) is 5.36. The van der Waals surface area contributed by atoms with Crippen LogP contribution in [0, 0.1) is 11.3 Å². The maximum Gasteiger partial charge on any atom is 0.338 e. The molecule has 3 rings (SSSR count). The van der Waals surface area contributed by atoms with E-state index < -0.39 is 0 Å². The van der Waals surface area contributed by atoms with Gasteiger partial charge in [-0.25, -0.2) is 4.79 Å². The summed E-state index contributed by atoms with van der Waals surface area (Å²) >= 11 is 0. The molecule has 0 bridgehead atoms. The maximum absolute atomic E-state index is 11.7. The fraction of sp³-hybridized carbons (Fsp3) is 0.360. The summed E-state index contributed by atoms with van der Waals surface area (Å²) in [6.07, 6.45) is 5.30. The molecule has 0 N–H and O–H groups in total. The van der Waals surface area contributed by atoms with E-state index in [2.05, 4.69) is 28.0 Å². The molecule has 5 nitrogen and oxygen atoms in total. The molecule has 1 heterocycles. The molecule has 2 aromatic rings. The van der Waals surface area contributed by atoms with E-state index in [0.717, 1.165) is 51.3 Å². The van der Waals surface area contributed by atoms with Crippen molar-refractivity contribution in [3.05, 3.63) is 76.9 Å². The van der Waals surface area contributed by atoms with Crippen molar-refractivity contribution in [2.45, 2.75) is 13.3 Å². The minimum Gasteiger partial charge on any atom is -0.462 e. The van der Waals surface area contributed by atoms with Gasteiger partial charge < -0.3 is 9.64 Å². The van der Waals surface area contributed by atoms with Crippen LogP contribution in [-0.4, -0.2) is 61.6 Å². The van der Waals surface area contributed by atoms with Gasteiger partial charge in [0.05, 0.1) is 23.8 Å². The summed E-state index contributed by atoms with van der Waals surface area (Å²) in [5.74, 6) is -0.256. The van der Waals surface area contributed by atoms with E-state index in [1.54, 1.807) is 0 Å². The molecule has 0 aliphatic carbocycles. The highest BCUT2D eigenvalue weighted by molar-refractivity contribution is 5.89. The fourth-order valence-electron chi connectivity index (χ4n) is 3.51. The Balaban J connectivity index is 1.36. The van der Waals surface area contributed by atoms with Gasteiger partial charge >= 0.3 is 5.97 Å². The van der Waals surface area contributed by atoms with Crippen molar-refractivity contribution in [2.75, 3.05) is 45.9 Å². The molecule has 0 saturated carbocycles. The fourth-order valence-corrected chi connectivity index (χ4v) is 3.51. The minimum absolute atomic E-state index is 0.256. The van der Waals surface area contributed by atoms with Crippen molar-refractivity contribution in [2.24, 2.45) is 0 Å². The highest BCUT2D eigenvalue weighted by Crippen LogP contribution is 2.10. The van der Waals surface area contributed by atoms with Crippen LogP contribution >= 0.6 is 0 Å². The Kier molecular flexibility index (Phi) is 8.20. The Morgan fingerprint density at radius 2 is 1.70 bits per heavy atom. The van der Waals surface area contributed by atoms with Crippen molar-refractivity contribution in [1.82, 2.24) is 9.80 Å². The standard InChI is InChI=1S/C25H29N3O2/c1-2-30-25(29)24-11-9-22(10-12-24)13-15-28-18-16-27(17-19-28)14-3-4-21-5-7-23(20-26)8-6-21/h3-12H,2,13-19H2,1H3/b4-3+. The zero-order valence-electron chi connectivity index (χ0n) is 17.6. The van der Waals surface area contributed by atoms with Crippen molar-refractivity contribution in [1.29, 1.82) is 5.26 Å². The number of nitrogens with zero attached hydrogens (tertiary/aromatic N) is 3.